The number of halogens is 2. The van der Waals surface area contributed by atoms with Crippen molar-refractivity contribution in [2.75, 3.05) is 20.2 Å². The highest BCUT2D eigenvalue weighted by Crippen LogP contribution is 2.30. The fourth-order valence-corrected chi connectivity index (χ4v) is 7.05. The first-order valence-electron chi connectivity index (χ1n) is 8.75. The molecule has 2 aromatic rings. The van der Waals surface area contributed by atoms with Gasteiger partial charge in [-0.15, -0.1) is 0 Å². The average molecular weight is 479 g/mol. The largest absolute Gasteiger partial charge is 0.497 e. The van der Waals surface area contributed by atoms with Crippen molar-refractivity contribution in [2.24, 2.45) is 0 Å². The Hall–Kier alpha value is -1.36. The first-order chi connectivity index (χ1) is 13.6. The van der Waals surface area contributed by atoms with Crippen molar-refractivity contribution in [1.82, 2.24) is 9.03 Å². The Morgan fingerprint density at radius 2 is 1.52 bits per heavy atom. The molecule has 0 saturated carbocycles. The van der Waals surface area contributed by atoms with Crippen LogP contribution in [0.15, 0.2) is 52.3 Å². The van der Waals surface area contributed by atoms with Crippen molar-refractivity contribution in [2.45, 2.75) is 28.7 Å². The maximum atomic E-state index is 12.8. The second kappa shape index (κ2) is 8.79. The summed E-state index contributed by atoms with van der Waals surface area (Å²) in [5, 5.41) is 0.0639. The van der Waals surface area contributed by atoms with E-state index in [2.05, 4.69) is 4.72 Å². The number of rotatable bonds is 6. The fourth-order valence-electron chi connectivity index (χ4n) is 3.13. The van der Waals surface area contributed by atoms with E-state index in [1.807, 2.05) is 0 Å². The molecule has 0 atom stereocenters. The summed E-state index contributed by atoms with van der Waals surface area (Å²) in [6.07, 6.45) is 0.660. The Bertz CT molecular complexity index is 1060. The third kappa shape index (κ3) is 4.87. The van der Waals surface area contributed by atoms with Gasteiger partial charge in [0.25, 0.3) is 0 Å². The van der Waals surface area contributed by atoms with E-state index in [1.165, 1.54) is 35.7 Å². The summed E-state index contributed by atoms with van der Waals surface area (Å²) < 4.78 is 59.9. The summed E-state index contributed by atoms with van der Waals surface area (Å²) >= 11 is 12.0. The van der Waals surface area contributed by atoms with Crippen molar-refractivity contribution in [3.05, 3.63) is 52.5 Å². The van der Waals surface area contributed by atoms with Crippen LogP contribution < -0.4 is 9.46 Å². The van der Waals surface area contributed by atoms with Crippen molar-refractivity contribution < 1.29 is 21.6 Å². The molecule has 3 rings (SSSR count). The minimum atomic E-state index is -3.93. The van der Waals surface area contributed by atoms with Crippen molar-refractivity contribution in [1.29, 1.82) is 0 Å². The quantitative estimate of drug-likeness (QED) is 0.688. The fraction of sp³-hybridized carbons (Fsp3) is 0.333. The van der Waals surface area contributed by atoms with Crippen LogP contribution in [0.5, 0.6) is 5.75 Å². The van der Waals surface area contributed by atoms with Crippen LogP contribution in [0, 0.1) is 0 Å². The number of benzene rings is 2. The number of nitrogens with zero attached hydrogens (tertiary/aromatic N) is 1. The van der Waals surface area contributed by atoms with Crippen LogP contribution in [0.2, 0.25) is 10.0 Å². The normalized spacial score (nSPS) is 16.7. The molecular formula is C18H20Cl2N2O5S2. The number of piperidine rings is 1. The maximum absolute atomic E-state index is 12.8. The van der Waals surface area contributed by atoms with Crippen LogP contribution in [-0.4, -0.2) is 47.4 Å². The van der Waals surface area contributed by atoms with Crippen LogP contribution in [0.3, 0.4) is 0 Å². The van der Waals surface area contributed by atoms with E-state index in [9.17, 15) is 16.8 Å². The molecule has 1 heterocycles. The van der Waals surface area contributed by atoms with E-state index in [1.54, 1.807) is 18.2 Å². The van der Waals surface area contributed by atoms with Gasteiger partial charge < -0.3 is 4.74 Å². The molecule has 1 aliphatic rings. The van der Waals surface area contributed by atoms with Gasteiger partial charge in [-0.1, -0.05) is 29.3 Å². The Balaban J connectivity index is 1.68. The standard InChI is InChI=1S/C18H20Cl2N2O5S2/c1-27-14-5-7-15(8-6-14)29(25,26)22-11-9-13(10-12-22)21-28(23,24)18-16(19)3-2-4-17(18)20/h2-8,13,21H,9-12H2,1H3. The van der Waals surface area contributed by atoms with Gasteiger partial charge in [0.1, 0.15) is 10.6 Å². The average Bonchev–Trinajstić information content (AvgIpc) is 2.68. The van der Waals surface area contributed by atoms with Gasteiger partial charge in [0, 0.05) is 19.1 Å². The van der Waals surface area contributed by atoms with Gasteiger partial charge in [-0.25, -0.2) is 21.6 Å². The first kappa shape index (κ1) is 22.3. The van der Waals surface area contributed by atoms with Crippen LogP contribution in [-0.2, 0) is 20.0 Å². The lowest BCUT2D eigenvalue weighted by Crippen LogP contribution is -2.46. The molecule has 7 nitrogen and oxygen atoms in total. The van der Waals surface area contributed by atoms with Crippen LogP contribution in [0.1, 0.15) is 12.8 Å². The predicted molar refractivity (Wildman–Crippen MR) is 112 cm³/mol. The first-order valence-corrected chi connectivity index (χ1v) is 12.4. The van der Waals surface area contributed by atoms with Gasteiger partial charge in [-0.05, 0) is 49.2 Å². The molecule has 1 aliphatic heterocycles. The van der Waals surface area contributed by atoms with Crippen LogP contribution in [0.25, 0.3) is 0 Å². The van der Waals surface area contributed by atoms with E-state index >= 15 is 0 Å². The highest BCUT2D eigenvalue weighted by molar-refractivity contribution is 7.90. The smallest absolute Gasteiger partial charge is 0.243 e. The number of sulfonamides is 2. The molecule has 2 aromatic carbocycles. The summed E-state index contributed by atoms with van der Waals surface area (Å²) in [6, 6.07) is 10.2. The molecule has 158 valence electrons. The highest BCUT2D eigenvalue weighted by Gasteiger charge is 2.32. The predicted octanol–water partition coefficient (Wildman–Crippen LogP) is 3.13. The van der Waals surface area contributed by atoms with Crippen molar-refractivity contribution in [3.63, 3.8) is 0 Å². The zero-order chi connectivity index (χ0) is 21.2. The van der Waals surface area contributed by atoms with Gasteiger partial charge in [0.15, 0.2) is 0 Å². The van der Waals surface area contributed by atoms with Crippen LogP contribution in [0.4, 0.5) is 0 Å². The van der Waals surface area contributed by atoms with E-state index < -0.39 is 26.1 Å². The molecule has 0 radical (unpaired) electrons. The molecule has 0 aliphatic carbocycles. The summed E-state index contributed by atoms with van der Waals surface area (Å²) in [5.74, 6) is 0.565. The molecule has 0 unspecified atom stereocenters. The molecular weight excluding hydrogens is 459 g/mol. The van der Waals surface area contributed by atoms with E-state index in [0.29, 0.717) is 18.6 Å². The SMILES string of the molecule is COc1ccc(S(=O)(=O)N2CCC(NS(=O)(=O)c3c(Cl)cccc3Cl)CC2)cc1. The molecule has 0 amide bonds. The third-order valence-corrected chi connectivity index (χ3v) is 9.05. The van der Waals surface area contributed by atoms with Gasteiger partial charge in [0.2, 0.25) is 20.0 Å². The van der Waals surface area contributed by atoms with E-state index in [-0.39, 0.29) is 32.9 Å². The molecule has 11 heteroatoms. The lowest BCUT2D eigenvalue weighted by molar-refractivity contribution is 0.308. The Kier molecular flexibility index (Phi) is 6.77. The van der Waals surface area contributed by atoms with Crippen molar-refractivity contribution in [3.8, 4) is 5.75 Å². The topological polar surface area (TPSA) is 92.8 Å². The molecule has 1 saturated heterocycles. The second-order valence-electron chi connectivity index (χ2n) is 6.53. The number of ether oxygens (including phenoxy) is 1. The zero-order valence-electron chi connectivity index (χ0n) is 15.5. The van der Waals surface area contributed by atoms with Gasteiger partial charge >= 0.3 is 0 Å². The van der Waals surface area contributed by atoms with E-state index in [4.69, 9.17) is 27.9 Å². The molecule has 0 bridgehead atoms. The highest BCUT2D eigenvalue weighted by atomic mass is 35.5. The summed E-state index contributed by atoms with van der Waals surface area (Å²) in [5.41, 5.74) is 0. The number of methoxy groups -OCH3 is 1. The Morgan fingerprint density at radius 3 is 2.03 bits per heavy atom. The van der Waals surface area contributed by atoms with Gasteiger partial charge in [-0.3, -0.25) is 0 Å². The molecule has 0 aromatic heterocycles. The minimum absolute atomic E-state index is 0.0320. The van der Waals surface area contributed by atoms with Crippen molar-refractivity contribution >= 4 is 43.2 Å². The van der Waals surface area contributed by atoms with Crippen LogP contribution >= 0.6 is 23.2 Å². The monoisotopic (exact) mass is 478 g/mol. The Morgan fingerprint density at radius 1 is 0.966 bits per heavy atom. The summed E-state index contributed by atoms with van der Waals surface area (Å²) in [7, 11) is -6.09. The molecule has 1 N–H and O–H groups in total. The number of nitrogens with one attached hydrogen (secondary N) is 1. The molecule has 0 spiro atoms. The maximum Gasteiger partial charge on any atom is 0.243 e. The summed E-state index contributed by atoms with van der Waals surface area (Å²) in [6.45, 7) is 0.385. The summed E-state index contributed by atoms with van der Waals surface area (Å²) in [4.78, 5) is -0.00297. The Labute approximate surface area is 180 Å². The number of hydrogen-bond acceptors (Lipinski definition) is 5. The molecule has 29 heavy (non-hydrogen) atoms. The van der Waals surface area contributed by atoms with E-state index in [0.717, 1.165) is 0 Å². The lowest BCUT2D eigenvalue weighted by atomic mass is 10.1. The van der Waals surface area contributed by atoms with Gasteiger partial charge in [0.05, 0.1) is 22.1 Å². The zero-order valence-corrected chi connectivity index (χ0v) is 18.7. The third-order valence-electron chi connectivity index (χ3n) is 4.66. The number of hydrogen-bond donors (Lipinski definition) is 1. The molecule has 1 fully saturated rings. The van der Waals surface area contributed by atoms with Gasteiger partial charge in [-0.2, -0.15) is 4.31 Å². The minimum Gasteiger partial charge on any atom is -0.497 e. The lowest BCUT2D eigenvalue weighted by Gasteiger charge is -2.31. The second-order valence-corrected chi connectivity index (χ2v) is 10.9.